The van der Waals surface area contributed by atoms with Crippen molar-refractivity contribution in [3.05, 3.63) is 95.9 Å². The molecule has 2 amide bonds. The molecule has 1 atom stereocenters. The first kappa shape index (κ1) is 20.7. The molecule has 31 heavy (non-hydrogen) atoms. The van der Waals surface area contributed by atoms with Crippen molar-refractivity contribution in [1.82, 2.24) is 9.88 Å². The summed E-state index contributed by atoms with van der Waals surface area (Å²) in [5, 5.41) is 0. The van der Waals surface area contributed by atoms with Crippen molar-refractivity contribution >= 4 is 17.6 Å². The van der Waals surface area contributed by atoms with Gasteiger partial charge in [-0.1, -0.05) is 48.5 Å². The summed E-state index contributed by atoms with van der Waals surface area (Å²) in [5.41, 5.74) is 1.96. The summed E-state index contributed by atoms with van der Waals surface area (Å²) in [7, 11) is 0. The van der Waals surface area contributed by atoms with Crippen LogP contribution in [0.2, 0.25) is 0 Å². The van der Waals surface area contributed by atoms with Crippen molar-refractivity contribution in [3.8, 4) is 0 Å². The van der Waals surface area contributed by atoms with E-state index in [1.807, 2.05) is 48.5 Å². The second-order valence-corrected chi connectivity index (χ2v) is 7.72. The summed E-state index contributed by atoms with van der Waals surface area (Å²) in [4.78, 5) is 33.7. The second-order valence-electron chi connectivity index (χ2n) is 7.72. The molecule has 0 spiro atoms. The van der Waals surface area contributed by atoms with Gasteiger partial charge >= 0.3 is 0 Å². The first-order valence-corrected chi connectivity index (χ1v) is 10.4. The van der Waals surface area contributed by atoms with E-state index in [9.17, 15) is 14.0 Å². The maximum atomic E-state index is 13.4. The van der Waals surface area contributed by atoms with Gasteiger partial charge in [0.15, 0.2) is 0 Å². The number of benzene rings is 2. The SMILES string of the molecule is O=C1C[C@@H](C(=O)N(Cc2ccccc2)c2ccccn2)CN1CCc1ccc(F)cc1. The molecule has 1 aromatic heterocycles. The average Bonchev–Trinajstić information content (AvgIpc) is 3.18. The number of aromatic nitrogens is 1. The molecule has 0 saturated carbocycles. The van der Waals surface area contributed by atoms with Gasteiger partial charge in [-0.05, 0) is 41.8 Å². The Kier molecular flexibility index (Phi) is 6.36. The number of likely N-dealkylation sites (tertiary alicyclic amines) is 1. The van der Waals surface area contributed by atoms with E-state index in [0.29, 0.717) is 31.9 Å². The van der Waals surface area contributed by atoms with Crippen LogP contribution in [-0.4, -0.2) is 34.8 Å². The van der Waals surface area contributed by atoms with Crippen LogP contribution in [0.1, 0.15) is 17.5 Å². The fraction of sp³-hybridized carbons (Fsp3) is 0.240. The zero-order valence-corrected chi connectivity index (χ0v) is 17.2. The predicted molar refractivity (Wildman–Crippen MR) is 117 cm³/mol. The number of rotatable bonds is 7. The van der Waals surface area contributed by atoms with Crippen molar-refractivity contribution in [1.29, 1.82) is 0 Å². The number of anilines is 1. The summed E-state index contributed by atoms with van der Waals surface area (Å²) < 4.78 is 13.1. The highest BCUT2D eigenvalue weighted by Crippen LogP contribution is 2.24. The molecule has 1 aliphatic rings. The van der Waals surface area contributed by atoms with Crippen LogP contribution >= 0.6 is 0 Å². The molecule has 0 radical (unpaired) electrons. The fourth-order valence-electron chi connectivity index (χ4n) is 3.84. The Morgan fingerprint density at radius 2 is 1.74 bits per heavy atom. The molecule has 4 rings (SSSR count). The van der Waals surface area contributed by atoms with Crippen LogP contribution in [0.25, 0.3) is 0 Å². The van der Waals surface area contributed by atoms with Crippen molar-refractivity contribution < 1.29 is 14.0 Å². The number of nitrogens with zero attached hydrogens (tertiary/aromatic N) is 3. The first-order chi connectivity index (χ1) is 15.1. The molecule has 0 aliphatic carbocycles. The van der Waals surface area contributed by atoms with Crippen LogP contribution in [0.3, 0.4) is 0 Å². The Morgan fingerprint density at radius 1 is 1.00 bits per heavy atom. The standard InChI is InChI=1S/C25H24FN3O2/c26-22-11-9-19(10-12-22)13-15-28-18-21(16-24(28)30)25(31)29(23-8-4-5-14-27-23)17-20-6-2-1-3-7-20/h1-12,14,21H,13,15-18H2/t21-/m1/s1. The molecule has 1 saturated heterocycles. The highest BCUT2D eigenvalue weighted by atomic mass is 19.1. The van der Waals surface area contributed by atoms with Gasteiger partial charge in [0, 0.05) is 25.7 Å². The van der Waals surface area contributed by atoms with Gasteiger partial charge in [-0.3, -0.25) is 14.5 Å². The minimum absolute atomic E-state index is 0.0267. The number of carbonyl (C=O) groups excluding carboxylic acids is 2. The molecule has 6 heteroatoms. The Bertz CT molecular complexity index is 1030. The lowest BCUT2D eigenvalue weighted by molar-refractivity contribution is -0.128. The molecule has 1 fully saturated rings. The van der Waals surface area contributed by atoms with Gasteiger partial charge in [-0.25, -0.2) is 9.37 Å². The third-order valence-electron chi connectivity index (χ3n) is 5.52. The smallest absolute Gasteiger partial charge is 0.233 e. The molecule has 0 N–H and O–H groups in total. The second kappa shape index (κ2) is 9.51. The fourth-order valence-corrected chi connectivity index (χ4v) is 3.84. The summed E-state index contributed by atoms with van der Waals surface area (Å²) in [6.45, 7) is 1.30. The van der Waals surface area contributed by atoms with Crippen LogP contribution in [0.15, 0.2) is 79.0 Å². The van der Waals surface area contributed by atoms with E-state index in [4.69, 9.17) is 0 Å². The monoisotopic (exact) mass is 417 g/mol. The van der Waals surface area contributed by atoms with Crippen LogP contribution in [0, 0.1) is 11.7 Å². The van der Waals surface area contributed by atoms with Crippen molar-refractivity contribution in [2.75, 3.05) is 18.0 Å². The molecular weight excluding hydrogens is 393 g/mol. The molecule has 3 aromatic rings. The van der Waals surface area contributed by atoms with Crippen molar-refractivity contribution in [3.63, 3.8) is 0 Å². The molecular formula is C25H24FN3O2. The minimum atomic E-state index is -0.411. The molecule has 158 valence electrons. The van der Waals surface area contributed by atoms with Gasteiger partial charge in [0.05, 0.1) is 12.5 Å². The zero-order chi connectivity index (χ0) is 21.6. The number of pyridine rings is 1. The summed E-state index contributed by atoms with van der Waals surface area (Å²) in [5.74, 6) is -0.235. The Labute approximate surface area is 181 Å². The molecule has 5 nitrogen and oxygen atoms in total. The highest BCUT2D eigenvalue weighted by molar-refractivity contribution is 5.98. The molecule has 2 aromatic carbocycles. The maximum Gasteiger partial charge on any atom is 0.233 e. The minimum Gasteiger partial charge on any atom is -0.342 e. The lowest BCUT2D eigenvalue weighted by Crippen LogP contribution is -2.38. The van der Waals surface area contributed by atoms with Crippen LogP contribution < -0.4 is 4.90 Å². The van der Waals surface area contributed by atoms with Gasteiger partial charge in [0.2, 0.25) is 11.8 Å². The quantitative estimate of drug-likeness (QED) is 0.587. The Hall–Kier alpha value is -3.54. The normalized spacial score (nSPS) is 15.8. The third-order valence-corrected chi connectivity index (χ3v) is 5.52. The molecule has 0 bridgehead atoms. The van der Waals surface area contributed by atoms with Gasteiger partial charge in [0.25, 0.3) is 0 Å². The van der Waals surface area contributed by atoms with Crippen LogP contribution in [0.4, 0.5) is 10.2 Å². The van der Waals surface area contributed by atoms with Crippen molar-refractivity contribution in [2.24, 2.45) is 5.92 Å². The van der Waals surface area contributed by atoms with Gasteiger partial charge < -0.3 is 4.90 Å². The van der Waals surface area contributed by atoms with E-state index in [0.717, 1.165) is 11.1 Å². The highest BCUT2D eigenvalue weighted by Gasteiger charge is 2.37. The predicted octanol–water partition coefficient (Wildman–Crippen LogP) is 3.85. The number of hydrogen-bond acceptors (Lipinski definition) is 3. The van der Waals surface area contributed by atoms with Gasteiger partial charge in [-0.2, -0.15) is 0 Å². The van der Waals surface area contributed by atoms with E-state index in [2.05, 4.69) is 4.98 Å². The van der Waals surface area contributed by atoms with Crippen molar-refractivity contribution in [2.45, 2.75) is 19.4 Å². The van der Waals surface area contributed by atoms with E-state index in [-0.39, 0.29) is 24.1 Å². The van der Waals surface area contributed by atoms with Gasteiger partial charge in [0.1, 0.15) is 11.6 Å². The van der Waals surface area contributed by atoms with E-state index >= 15 is 0 Å². The lowest BCUT2D eigenvalue weighted by Gasteiger charge is -2.25. The van der Waals surface area contributed by atoms with E-state index < -0.39 is 5.92 Å². The Balaban J connectivity index is 1.45. The van der Waals surface area contributed by atoms with Gasteiger partial charge in [-0.15, -0.1) is 0 Å². The summed E-state index contributed by atoms with van der Waals surface area (Å²) in [6, 6.07) is 21.5. The number of hydrogen-bond donors (Lipinski definition) is 0. The van der Waals surface area contributed by atoms with E-state index in [1.54, 1.807) is 28.1 Å². The average molecular weight is 417 g/mol. The topological polar surface area (TPSA) is 53.5 Å². The number of carbonyl (C=O) groups is 2. The lowest BCUT2D eigenvalue weighted by atomic mass is 10.1. The van der Waals surface area contributed by atoms with Crippen LogP contribution in [-0.2, 0) is 22.6 Å². The number of halogens is 1. The zero-order valence-electron chi connectivity index (χ0n) is 17.2. The Morgan fingerprint density at radius 3 is 2.45 bits per heavy atom. The summed E-state index contributed by atoms with van der Waals surface area (Å²) in [6.07, 6.45) is 2.48. The number of amides is 2. The van der Waals surface area contributed by atoms with Crippen LogP contribution in [0.5, 0.6) is 0 Å². The first-order valence-electron chi connectivity index (χ1n) is 10.4. The largest absolute Gasteiger partial charge is 0.342 e. The molecule has 2 heterocycles. The third kappa shape index (κ3) is 5.15. The molecule has 0 unspecified atom stereocenters. The summed E-state index contributed by atoms with van der Waals surface area (Å²) >= 11 is 0. The van der Waals surface area contributed by atoms with E-state index in [1.165, 1.54) is 12.1 Å². The maximum absolute atomic E-state index is 13.4. The molecule has 1 aliphatic heterocycles.